The normalized spacial score (nSPS) is 16.3. The van der Waals surface area contributed by atoms with Gasteiger partial charge in [-0.1, -0.05) is 6.07 Å². The van der Waals surface area contributed by atoms with Crippen molar-refractivity contribution in [2.75, 3.05) is 27.4 Å². The van der Waals surface area contributed by atoms with Gasteiger partial charge in [-0.25, -0.2) is 0 Å². The van der Waals surface area contributed by atoms with E-state index < -0.39 is 0 Å². The van der Waals surface area contributed by atoms with Crippen LogP contribution in [0.4, 0.5) is 0 Å². The molecule has 0 bridgehead atoms. The molecule has 24 heavy (non-hydrogen) atoms. The summed E-state index contributed by atoms with van der Waals surface area (Å²) in [5, 5.41) is 3.39. The summed E-state index contributed by atoms with van der Waals surface area (Å²) in [6.45, 7) is 1.44. The molecule has 1 atom stereocenters. The SMILES string of the molecule is COc1ccc(CC(=O)NNC(=S)NCC2CCCO2)cc1OC. The summed E-state index contributed by atoms with van der Waals surface area (Å²) in [5.74, 6) is 1.01. The van der Waals surface area contributed by atoms with E-state index in [-0.39, 0.29) is 18.4 Å². The monoisotopic (exact) mass is 353 g/mol. The Morgan fingerprint density at radius 2 is 2.08 bits per heavy atom. The van der Waals surface area contributed by atoms with Crippen LogP contribution in [-0.4, -0.2) is 44.5 Å². The fourth-order valence-corrected chi connectivity index (χ4v) is 2.54. The van der Waals surface area contributed by atoms with Gasteiger partial charge in [0.1, 0.15) is 0 Å². The molecule has 1 aliphatic rings. The van der Waals surface area contributed by atoms with E-state index in [1.165, 1.54) is 0 Å². The zero-order chi connectivity index (χ0) is 17.4. The van der Waals surface area contributed by atoms with Crippen LogP contribution in [0.15, 0.2) is 18.2 Å². The second-order valence-electron chi connectivity index (χ2n) is 5.38. The molecule has 1 aromatic carbocycles. The summed E-state index contributed by atoms with van der Waals surface area (Å²) >= 11 is 5.11. The van der Waals surface area contributed by atoms with E-state index in [2.05, 4.69) is 16.2 Å². The molecule has 1 amide bonds. The summed E-state index contributed by atoms with van der Waals surface area (Å²) in [5.41, 5.74) is 6.06. The van der Waals surface area contributed by atoms with Gasteiger partial charge in [-0.2, -0.15) is 0 Å². The van der Waals surface area contributed by atoms with Crippen LogP contribution < -0.4 is 25.6 Å². The van der Waals surface area contributed by atoms with Crippen molar-refractivity contribution in [2.24, 2.45) is 0 Å². The van der Waals surface area contributed by atoms with E-state index in [0.717, 1.165) is 25.0 Å². The van der Waals surface area contributed by atoms with Gasteiger partial charge in [0.05, 0.1) is 26.7 Å². The molecule has 0 aromatic heterocycles. The molecule has 2 rings (SSSR count). The largest absolute Gasteiger partial charge is 0.493 e. The first-order chi connectivity index (χ1) is 11.6. The van der Waals surface area contributed by atoms with Crippen molar-refractivity contribution < 1.29 is 19.0 Å². The van der Waals surface area contributed by atoms with Crippen molar-refractivity contribution in [1.29, 1.82) is 0 Å². The molecule has 0 radical (unpaired) electrons. The number of rotatable bonds is 6. The van der Waals surface area contributed by atoms with Gasteiger partial charge in [-0.05, 0) is 42.8 Å². The molecule has 7 nitrogen and oxygen atoms in total. The van der Waals surface area contributed by atoms with Crippen molar-refractivity contribution in [3.8, 4) is 11.5 Å². The summed E-state index contributed by atoms with van der Waals surface area (Å²) < 4.78 is 15.9. The number of nitrogens with one attached hydrogen (secondary N) is 3. The molecule has 0 aliphatic carbocycles. The number of hydrazine groups is 1. The third-order valence-electron chi connectivity index (χ3n) is 3.64. The van der Waals surface area contributed by atoms with E-state index in [4.69, 9.17) is 26.4 Å². The molecule has 1 saturated heterocycles. The highest BCUT2D eigenvalue weighted by Gasteiger charge is 2.15. The van der Waals surface area contributed by atoms with Gasteiger partial charge in [0.25, 0.3) is 0 Å². The number of benzene rings is 1. The zero-order valence-electron chi connectivity index (χ0n) is 13.9. The molecule has 1 heterocycles. The second-order valence-corrected chi connectivity index (χ2v) is 5.79. The van der Waals surface area contributed by atoms with E-state index in [0.29, 0.717) is 23.2 Å². The number of hydrogen-bond donors (Lipinski definition) is 3. The molecule has 1 aromatic rings. The van der Waals surface area contributed by atoms with Crippen LogP contribution in [0.5, 0.6) is 11.5 Å². The van der Waals surface area contributed by atoms with Gasteiger partial charge in [0, 0.05) is 13.2 Å². The van der Waals surface area contributed by atoms with Crippen LogP contribution in [0.1, 0.15) is 18.4 Å². The van der Waals surface area contributed by atoms with E-state index in [1.807, 2.05) is 6.07 Å². The minimum Gasteiger partial charge on any atom is -0.493 e. The van der Waals surface area contributed by atoms with Crippen molar-refractivity contribution in [3.05, 3.63) is 23.8 Å². The first-order valence-corrected chi connectivity index (χ1v) is 8.18. The number of hydrogen-bond acceptors (Lipinski definition) is 5. The number of methoxy groups -OCH3 is 2. The highest BCUT2D eigenvalue weighted by molar-refractivity contribution is 7.80. The number of carbonyl (C=O) groups is 1. The van der Waals surface area contributed by atoms with Crippen LogP contribution in [0.25, 0.3) is 0 Å². The molecule has 1 aliphatic heterocycles. The Kier molecular flexibility index (Phi) is 7.07. The van der Waals surface area contributed by atoms with Crippen molar-refractivity contribution in [2.45, 2.75) is 25.4 Å². The lowest BCUT2D eigenvalue weighted by molar-refractivity contribution is -0.121. The Morgan fingerprint density at radius 1 is 1.29 bits per heavy atom. The first kappa shape index (κ1) is 18.3. The van der Waals surface area contributed by atoms with Gasteiger partial charge < -0.3 is 19.5 Å². The lowest BCUT2D eigenvalue weighted by atomic mass is 10.1. The Labute approximate surface area is 147 Å². The number of carbonyl (C=O) groups excluding carboxylic acids is 1. The Hall–Kier alpha value is -2.06. The minimum absolute atomic E-state index is 0.187. The molecule has 3 N–H and O–H groups in total. The lowest BCUT2D eigenvalue weighted by Gasteiger charge is -2.14. The van der Waals surface area contributed by atoms with Crippen LogP contribution in [0, 0.1) is 0 Å². The molecule has 1 unspecified atom stereocenters. The average molecular weight is 353 g/mol. The van der Waals surface area contributed by atoms with Crippen LogP contribution in [-0.2, 0) is 16.0 Å². The predicted octanol–water partition coefficient (Wildman–Crippen LogP) is 0.921. The smallest absolute Gasteiger partial charge is 0.242 e. The average Bonchev–Trinajstić information content (AvgIpc) is 3.11. The summed E-state index contributed by atoms with van der Waals surface area (Å²) in [4.78, 5) is 12.0. The summed E-state index contributed by atoms with van der Waals surface area (Å²) in [6.07, 6.45) is 2.49. The molecular weight excluding hydrogens is 330 g/mol. The second kappa shape index (κ2) is 9.29. The third-order valence-corrected chi connectivity index (χ3v) is 3.89. The Morgan fingerprint density at radius 3 is 2.75 bits per heavy atom. The molecule has 0 saturated carbocycles. The van der Waals surface area contributed by atoms with Gasteiger partial charge in [-0.15, -0.1) is 0 Å². The standard InChI is InChI=1S/C16H23N3O4S/c1-21-13-6-5-11(8-14(13)22-2)9-15(20)18-19-16(24)17-10-12-4-3-7-23-12/h5-6,8,12H,3-4,7,9-10H2,1-2H3,(H,18,20)(H2,17,19,24). The minimum atomic E-state index is -0.205. The fraction of sp³-hybridized carbons (Fsp3) is 0.500. The quantitative estimate of drug-likeness (QED) is 0.518. The number of amides is 1. The van der Waals surface area contributed by atoms with Crippen molar-refractivity contribution in [3.63, 3.8) is 0 Å². The maximum atomic E-state index is 12.0. The Bertz CT molecular complexity index is 576. The van der Waals surface area contributed by atoms with E-state index in [1.54, 1.807) is 26.4 Å². The lowest BCUT2D eigenvalue weighted by Crippen LogP contribution is -2.48. The zero-order valence-corrected chi connectivity index (χ0v) is 14.7. The number of ether oxygens (including phenoxy) is 3. The molecule has 132 valence electrons. The number of thiocarbonyl (C=S) groups is 1. The van der Waals surface area contributed by atoms with Crippen LogP contribution >= 0.6 is 12.2 Å². The van der Waals surface area contributed by atoms with Crippen molar-refractivity contribution in [1.82, 2.24) is 16.2 Å². The fourth-order valence-electron chi connectivity index (χ4n) is 2.40. The van der Waals surface area contributed by atoms with Crippen LogP contribution in [0.3, 0.4) is 0 Å². The molecule has 8 heteroatoms. The highest BCUT2D eigenvalue weighted by atomic mass is 32.1. The van der Waals surface area contributed by atoms with Crippen LogP contribution in [0.2, 0.25) is 0 Å². The van der Waals surface area contributed by atoms with Crippen molar-refractivity contribution >= 4 is 23.2 Å². The third kappa shape index (κ3) is 5.54. The maximum absolute atomic E-state index is 12.0. The Balaban J connectivity index is 1.73. The van der Waals surface area contributed by atoms with Gasteiger partial charge in [-0.3, -0.25) is 15.6 Å². The summed E-state index contributed by atoms with van der Waals surface area (Å²) in [7, 11) is 3.13. The van der Waals surface area contributed by atoms with Gasteiger partial charge >= 0.3 is 0 Å². The van der Waals surface area contributed by atoms with Gasteiger partial charge in [0.2, 0.25) is 5.91 Å². The van der Waals surface area contributed by atoms with E-state index in [9.17, 15) is 4.79 Å². The van der Waals surface area contributed by atoms with Gasteiger partial charge in [0.15, 0.2) is 16.6 Å². The molecular formula is C16H23N3O4S. The maximum Gasteiger partial charge on any atom is 0.242 e. The first-order valence-electron chi connectivity index (χ1n) is 7.77. The highest BCUT2D eigenvalue weighted by Crippen LogP contribution is 2.27. The predicted molar refractivity (Wildman–Crippen MR) is 94.1 cm³/mol. The molecule has 1 fully saturated rings. The van der Waals surface area contributed by atoms with E-state index >= 15 is 0 Å². The molecule has 0 spiro atoms. The topological polar surface area (TPSA) is 80.9 Å². The summed E-state index contributed by atoms with van der Waals surface area (Å²) in [6, 6.07) is 5.35.